The van der Waals surface area contributed by atoms with E-state index in [1.165, 1.54) is 0 Å². The van der Waals surface area contributed by atoms with Gasteiger partial charge in [0.05, 0.1) is 33.4 Å². The summed E-state index contributed by atoms with van der Waals surface area (Å²) in [5.74, 6) is 2.65. The molecule has 9 heteroatoms. The summed E-state index contributed by atoms with van der Waals surface area (Å²) < 4.78 is 19.2. The van der Waals surface area contributed by atoms with Gasteiger partial charge < -0.3 is 19.6 Å². The first-order valence-electron chi connectivity index (χ1n) is 8.04. The second-order valence-corrected chi connectivity index (χ2v) is 6.76. The molecule has 0 fully saturated rings. The van der Waals surface area contributed by atoms with Gasteiger partial charge in [-0.15, -0.1) is 0 Å². The van der Waals surface area contributed by atoms with Gasteiger partial charge in [-0.1, -0.05) is 28.1 Å². The minimum atomic E-state index is 0.451. The SMILES string of the molecule is COc1cc(Br)c(CNn2c(-c3ccccc3OC)n[nH]c2=S)cc1OC. The molecular formula is C18H19BrN4O3S. The molecule has 0 bridgehead atoms. The van der Waals surface area contributed by atoms with Gasteiger partial charge in [-0.3, -0.25) is 0 Å². The highest BCUT2D eigenvalue weighted by atomic mass is 79.9. The number of benzene rings is 2. The lowest BCUT2D eigenvalue weighted by atomic mass is 10.2. The van der Waals surface area contributed by atoms with E-state index in [0.717, 1.165) is 15.6 Å². The maximum absolute atomic E-state index is 5.43. The van der Waals surface area contributed by atoms with Crippen LogP contribution in [0.3, 0.4) is 0 Å². The maximum atomic E-state index is 5.43. The summed E-state index contributed by atoms with van der Waals surface area (Å²) >= 11 is 8.94. The predicted octanol–water partition coefficient (Wildman–Crippen LogP) is 4.14. The number of ether oxygens (including phenoxy) is 3. The lowest BCUT2D eigenvalue weighted by molar-refractivity contribution is 0.354. The predicted molar refractivity (Wildman–Crippen MR) is 110 cm³/mol. The van der Waals surface area contributed by atoms with Crippen molar-refractivity contribution in [3.8, 4) is 28.6 Å². The van der Waals surface area contributed by atoms with Gasteiger partial charge in [0, 0.05) is 4.47 Å². The first-order valence-corrected chi connectivity index (χ1v) is 9.24. The van der Waals surface area contributed by atoms with Crippen LogP contribution in [0.15, 0.2) is 40.9 Å². The van der Waals surface area contributed by atoms with Gasteiger partial charge in [-0.05, 0) is 42.0 Å². The quantitative estimate of drug-likeness (QED) is 0.526. The van der Waals surface area contributed by atoms with Crippen LogP contribution in [-0.4, -0.2) is 36.2 Å². The minimum absolute atomic E-state index is 0.451. The van der Waals surface area contributed by atoms with E-state index in [1.807, 2.05) is 36.4 Å². The number of rotatable bonds is 7. The molecule has 3 aromatic rings. The molecule has 1 aromatic heterocycles. The largest absolute Gasteiger partial charge is 0.496 e. The lowest BCUT2D eigenvalue weighted by Crippen LogP contribution is -2.16. The maximum Gasteiger partial charge on any atom is 0.214 e. The van der Waals surface area contributed by atoms with Gasteiger partial charge in [0.2, 0.25) is 4.77 Å². The van der Waals surface area contributed by atoms with E-state index >= 15 is 0 Å². The zero-order valence-electron chi connectivity index (χ0n) is 15.1. The van der Waals surface area contributed by atoms with E-state index in [9.17, 15) is 0 Å². The highest BCUT2D eigenvalue weighted by Gasteiger charge is 2.15. The number of nitrogens with zero attached hydrogens (tertiary/aromatic N) is 2. The highest BCUT2D eigenvalue weighted by Crippen LogP contribution is 2.33. The molecule has 1 heterocycles. The molecule has 0 atom stereocenters. The van der Waals surface area contributed by atoms with Crippen molar-refractivity contribution in [2.24, 2.45) is 0 Å². The number of para-hydroxylation sites is 1. The van der Waals surface area contributed by atoms with E-state index in [2.05, 4.69) is 31.6 Å². The van der Waals surface area contributed by atoms with Crippen molar-refractivity contribution in [1.29, 1.82) is 0 Å². The second-order valence-electron chi connectivity index (χ2n) is 5.52. The number of halogens is 1. The van der Waals surface area contributed by atoms with Crippen LogP contribution in [0.4, 0.5) is 0 Å². The van der Waals surface area contributed by atoms with E-state index in [1.54, 1.807) is 26.0 Å². The van der Waals surface area contributed by atoms with Crippen molar-refractivity contribution in [3.63, 3.8) is 0 Å². The van der Waals surface area contributed by atoms with Gasteiger partial charge in [0.1, 0.15) is 5.75 Å². The average molecular weight is 451 g/mol. The third kappa shape index (κ3) is 3.93. The highest BCUT2D eigenvalue weighted by molar-refractivity contribution is 9.10. The Balaban J connectivity index is 1.92. The van der Waals surface area contributed by atoms with E-state index < -0.39 is 0 Å². The van der Waals surface area contributed by atoms with Crippen molar-refractivity contribution in [2.75, 3.05) is 26.8 Å². The number of H-pyrrole nitrogens is 1. The zero-order valence-corrected chi connectivity index (χ0v) is 17.5. The number of methoxy groups -OCH3 is 3. The monoisotopic (exact) mass is 450 g/mol. The molecule has 0 aliphatic heterocycles. The zero-order chi connectivity index (χ0) is 19.4. The molecule has 0 amide bonds. The molecule has 142 valence electrons. The first-order chi connectivity index (χ1) is 13.1. The Morgan fingerprint density at radius 1 is 1.07 bits per heavy atom. The van der Waals surface area contributed by atoms with Gasteiger partial charge in [-0.2, -0.15) is 5.10 Å². The van der Waals surface area contributed by atoms with Crippen LogP contribution in [0.25, 0.3) is 11.4 Å². The Bertz CT molecular complexity index is 1000. The number of hydrogen-bond donors (Lipinski definition) is 2. The van der Waals surface area contributed by atoms with Crippen LogP contribution in [0.5, 0.6) is 17.2 Å². The van der Waals surface area contributed by atoms with E-state index in [-0.39, 0.29) is 0 Å². The summed E-state index contributed by atoms with van der Waals surface area (Å²) in [6.45, 7) is 0.483. The van der Waals surface area contributed by atoms with Crippen LogP contribution < -0.4 is 19.6 Å². The van der Waals surface area contributed by atoms with Gasteiger partial charge in [-0.25, -0.2) is 9.77 Å². The summed E-state index contributed by atoms with van der Waals surface area (Å²) in [7, 11) is 4.83. The third-order valence-electron chi connectivity index (χ3n) is 4.00. The Hall–Kier alpha value is -2.52. The summed E-state index contributed by atoms with van der Waals surface area (Å²) in [5.41, 5.74) is 5.09. The second kappa shape index (κ2) is 8.45. The smallest absolute Gasteiger partial charge is 0.214 e. The molecule has 2 aromatic carbocycles. The van der Waals surface area contributed by atoms with Crippen LogP contribution >= 0.6 is 28.1 Å². The Morgan fingerprint density at radius 2 is 1.74 bits per heavy atom. The summed E-state index contributed by atoms with van der Waals surface area (Å²) in [4.78, 5) is 0. The summed E-state index contributed by atoms with van der Waals surface area (Å²) in [6.07, 6.45) is 0. The molecular weight excluding hydrogens is 432 g/mol. The fourth-order valence-electron chi connectivity index (χ4n) is 2.65. The van der Waals surface area contributed by atoms with Gasteiger partial charge in [0.25, 0.3) is 0 Å². The Morgan fingerprint density at radius 3 is 2.44 bits per heavy atom. The molecule has 0 aliphatic carbocycles. The van der Waals surface area contributed by atoms with Crippen molar-refractivity contribution >= 4 is 28.1 Å². The molecule has 0 spiro atoms. The number of nitrogens with one attached hydrogen (secondary N) is 2. The normalized spacial score (nSPS) is 10.5. The Labute approximate surface area is 170 Å². The molecule has 0 saturated carbocycles. The van der Waals surface area contributed by atoms with Crippen LogP contribution in [0.2, 0.25) is 0 Å². The summed E-state index contributed by atoms with van der Waals surface area (Å²) in [5, 5.41) is 7.16. The third-order valence-corrected chi connectivity index (χ3v) is 5.01. The molecule has 27 heavy (non-hydrogen) atoms. The van der Waals surface area contributed by atoms with Gasteiger partial charge >= 0.3 is 0 Å². The van der Waals surface area contributed by atoms with Crippen molar-refractivity contribution < 1.29 is 14.2 Å². The van der Waals surface area contributed by atoms with Crippen LogP contribution in [-0.2, 0) is 6.54 Å². The number of hydrogen-bond acceptors (Lipinski definition) is 6. The lowest BCUT2D eigenvalue weighted by Gasteiger charge is -2.15. The molecule has 0 saturated heterocycles. The first kappa shape index (κ1) is 19.2. The van der Waals surface area contributed by atoms with E-state index in [4.69, 9.17) is 26.4 Å². The number of aromatic amines is 1. The molecule has 0 unspecified atom stereocenters. The van der Waals surface area contributed by atoms with Crippen LogP contribution in [0, 0.1) is 4.77 Å². The molecule has 3 rings (SSSR count). The van der Waals surface area contributed by atoms with Gasteiger partial charge in [0.15, 0.2) is 17.3 Å². The topological polar surface area (TPSA) is 73.3 Å². The molecule has 2 N–H and O–H groups in total. The van der Waals surface area contributed by atoms with Crippen LogP contribution in [0.1, 0.15) is 5.56 Å². The average Bonchev–Trinajstić information content (AvgIpc) is 3.06. The van der Waals surface area contributed by atoms with Crippen molar-refractivity contribution in [3.05, 3.63) is 51.2 Å². The Kier molecular flexibility index (Phi) is 6.02. The molecule has 0 aliphatic rings. The molecule has 0 radical (unpaired) electrons. The minimum Gasteiger partial charge on any atom is -0.496 e. The standard InChI is InChI=1S/C18H19BrN4O3S/c1-24-14-7-5-4-6-12(14)17-21-22-18(27)23(17)20-10-11-8-15(25-2)16(26-3)9-13(11)19/h4-9,20H,10H2,1-3H3,(H,22,27). The molecule has 7 nitrogen and oxygen atoms in total. The van der Waals surface area contributed by atoms with Crippen molar-refractivity contribution in [1.82, 2.24) is 14.9 Å². The fraction of sp³-hybridized carbons (Fsp3) is 0.222. The number of aromatic nitrogens is 3. The summed E-state index contributed by atoms with van der Waals surface area (Å²) in [6, 6.07) is 11.4. The van der Waals surface area contributed by atoms with Crippen molar-refractivity contribution in [2.45, 2.75) is 6.54 Å². The van der Waals surface area contributed by atoms with E-state index in [0.29, 0.717) is 34.4 Å². The fourth-order valence-corrected chi connectivity index (χ4v) is 3.31.